The number of carbonyl (C=O) groups excluding carboxylic acids is 3. The first-order valence-electron chi connectivity index (χ1n) is 13.7. The first-order chi connectivity index (χ1) is 17.5. The maximum atomic E-state index is 12.3. The molecule has 0 aromatic heterocycles. The second-order valence-electron chi connectivity index (χ2n) is 10.3. The van der Waals surface area contributed by atoms with Crippen LogP contribution in [-0.2, 0) is 19.1 Å². The van der Waals surface area contributed by atoms with Crippen molar-refractivity contribution in [3.8, 4) is 0 Å². The van der Waals surface area contributed by atoms with E-state index in [1.54, 1.807) is 24.0 Å². The minimum Gasteiger partial charge on any atom is -0.357 e. The van der Waals surface area contributed by atoms with Gasteiger partial charge in [-0.3, -0.25) is 24.2 Å². The lowest BCUT2D eigenvalue weighted by molar-refractivity contribution is -0.141. The highest BCUT2D eigenvalue weighted by atomic mass is 16.5. The van der Waals surface area contributed by atoms with Gasteiger partial charge in [-0.2, -0.15) is 0 Å². The molecule has 194 valence electrons. The van der Waals surface area contributed by atoms with Crippen molar-refractivity contribution in [1.82, 2.24) is 4.90 Å². The summed E-state index contributed by atoms with van der Waals surface area (Å²) in [6.45, 7) is 6.49. The van der Waals surface area contributed by atoms with Crippen molar-refractivity contribution in [2.45, 2.75) is 84.1 Å². The summed E-state index contributed by atoms with van der Waals surface area (Å²) in [5, 5.41) is 0. The van der Waals surface area contributed by atoms with Crippen LogP contribution in [-0.4, -0.2) is 42.0 Å². The summed E-state index contributed by atoms with van der Waals surface area (Å²) < 4.78 is 5.48. The molecule has 5 rings (SSSR count). The molecule has 2 aliphatic heterocycles. The van der Waals surface area contributed by atoms with Crippen molar-refractivity contribution >= 4 is 23.4 Å². The second kappa shape index (κ2) is 12.0. The maximum Gasteiger partial charge on any atom is 0.256 e. The average molecular weight is 493 g/mol. The number of amides is 3. The Labute approximate surface area is 215 Å². The highest BCUT2D eigenvalue weighted by Gasteiger charge is 2.38. The molecule has 2 saturated carbocycles. The van der Waals surface area contributed by atoms with Gasteiger partial charge in [0, 0.05) is 29.5 Å². The van der Waals surface area contributed by atoms with Gasteiger partial charge in [0.15, 0.2) is 0 Å². The maximum absolute atomic E-state index is 12.3. The van der Waals surface area contributed by atoms with Crippen LogP contribution >= 0.6 is 0 Å². The van der Waals surface area contributed by atoms with Gasteiger partial charge in [-0.25, -0.2) is 0 Å². The van der Waals surface area contributed by atoms with Crippen LogP contribution in [0.3, 0.4) is 0 Å². The lowest BCUT2D eigenvalue weighted by Crippen LogP contribution is -2.43. The van der Waals surface area contributed by atoms with E-state index in [1.165, 1.54) is 42.2 Å². The molecule has 0 saturated heterocycles. The summed E-state index contributed by atoms with van der Waals surface area (Å²) in [5.74, 6) is 1.78. The van der Waals surface area contributed by atoms with Crippen molar-refractivity contribution < 1.29 is 19.1 Å². The largest absolute Gasteiger partial charge is 0.357 e. The monoisotopic (exact) mass is 492 g/mol. The molecule has 6 heteroatoms. The molecule has 1 aromatic carbocycles. The molecule has 1 aromatic rings. The number of rotatable bonds is 4. The standard InChI is InChI=1S/C28H34N2O4.C2H6/c1-19-17-27(32)30(28(19)33)25-14-10-23(11-15-25)21-6-4-20(5-7-21)22-8-12-24(13-9-22)29-18-34-16-2-3-26(29)31;1-2/h2-3,8-9,12-13,17,20-21,23,25H,4-7,10-11,14-16,18H2,1H3;1-2H3. The predicted molar refractivity (Wildman–Crippen MR) is 141 cm³/mol. The fraction of sp³-hybridized carbons (Fsp3) is 0.567. The molecule has 2 fully saturated rings. The summed E-state index contributed by atoms with van der Waals surface area (Å²) in [6.07, 6.45) is 13.8. The lowest BCUT2D eigenvalue weighted by atomic mass is 9.69. The van der Waals surface area contributed by atoms with Crippen molar-refractivity contribution in [3.05, 3.63) is 53.6 Å². The molecule has 0 spiro atoms. The van der Waals surface area contributed by atoms with Crippen LogP contribution in [0.2, 0.25) is 0 Å². The second-order valence-corrected chi connectivity index (χ2v) is 10.3. The van der Waals surface area contributed by atoms with Gasteiger partial charge in [0.25, 0.3) is 17.7 Å². The number of nitrogens with zero attached hydrogens (tertiary/aromatic N) is 2. The van der Waals surface area contributed by atoms with E-state index in [-0.39, 0.29) is 30.5 Å². The van der Waals surface area contributed by atoms with Crippen LogP contribution in [0.15, 0.2) is 48.1 Å². The number of imide groups is 1. The fourth-order valence-corrected chi connectivity index (χ4v) is 6.35. The van der Waals surface area contributed by atoms with E-state index in [2.05, 4.69) is 12.1 Å². The first kappa shape index (κ1) is 26.3. The van der Waals surface area contributed by atoms with Gasteiger partial charge in [0.2, 0.25) is 0 Å². The summed E-state index contributed by atoms with van der Waals surface area (Å²) in [7, 11) is 0. The Morgan fingerprint density at radius 3 is 2.00 bits per heavy atom. The van der Waals surface area contributed by atoms with E-state index < -0.39 is 0 Å². The Morgan fingerprint density at radius 2 is 1.42 bits per heavy atom. The minimum absolute atomic E-state index is 0.0367. The third kappa shape index (κ3) is 5.64. The van der Waals surface area contributed by atoms with E-state index in [0.717, 1.165) is 37.3 Å². The third-order valence-electron chi connectivity index (χ3n) is 8.32. The van der Waals surface area contributed by atoms with E-state index >= 15 is 0 Å². The Bertz CT molecular complexity index is 996. The minimum atomic E-state index is -0.123. The summed E-state index contributed by atoms with van der Waals surface area (Å²) in [6, 6.07) is 8.51. The van der Waals surface area contributed by atoms with Gasteiger partial charge in [-0.1, -0.05) is 32.1 Å². The van der Waals surface area contributed by atoms with Crippen LogP contribution in [0.5, 0.6) is 0 Å². The van der Waals surface area contributed by atoms with Crippen molar-refractivity contribution in [2.24, 2.45) is 11.8 Å². The predicted octanol–water partition coefficient (Wildman–Crippen LogP) is 5.74. The number of carbonyl (C=O) groups is 3. The highest BCUT2D eigenvalue weighted by molar-refractivity contribution is 6.16. The number of anilines is 1. The van der Waals surface area contributed by atoms with Gasteiger partial charge >= 0.3 is 0 Å². The first-order valence-corrected chi connectivity index (χ1v) is 13.7. The number of hydrogen-bond acceptors (Lipinski definition) is 4. The molecule has 2 heterocycles. The van der Waals surface area contributed by atoms with Gasteiger partial charge in [-0.15, -0.1) is 0 Å². The van der Waals surface area contributed by atoms with Crippen LogP contribution < -0.4 is 4.90 Å². The van der Waals surface area contributed by atoms with Gasteiger partial charge in [0.05, 0.1) is 6.61 Å². The van der Waals surface area contributed by atoms with Crippen LogP contribution in [0.1, 0.15) is 83.6 Å². The van der Waals surface area contributed by atoms with Crippen molar-refractivity contribution in [3.63, 3.8) is 0 Å². The van der Waals surface area contributed by atoms with Crippen LogP contribution in [0, 0.1) is 11.8 Å². The molecule has 0 unspecified atom stereocenters. The fourth-order valence-electron chi connectivity index (χ4n) is 6.35. The zero-order chi connectivity index (χ0) is 25.7. The van der Waals surface area contributed by atoms with E-state index in [9.17, 15) is 14.4 Å². The molecule has 3 amide bonds. The number of hydrogen-bond donors (Lipinski definition) is 0. The van der Waals surface area contributed by atoms with E-state index in [4.69, 9.17) is 4.74 Å². The Kier molecular flexibility index (Phi) is 8.78. The normalized spacial score (nSPS) is 29.0. The summed E-state index contributed by atoms with van der Waals surface area (Å²) in [5.41, 5.74) is 2.81. The van der Waals surface area contributed by atoms with Crippen LogP contribution in [0.25, 0.3) is 0 Å². The number of benzene rings is 1. The Morgan fingerprint density at radius 1 is 0.806 bits per heavy atom. The van der Waals surface area contributed by atoms with E-state index in [0.29, 0.717) is 24.0 Å². The molecular weight excluding hydrogens is 452 g/mol. The lowest BCUT2D eigenvalue weighted by Gasteiger charge is -2.39. The Hall–Kier alpha value is -2.73. The molecule has 4 aliphatic rings. The molecule has 0 N–H and O–H groups in total. The van der Waals surface area contributed by atoms with Crippen LogP contribution in [0.4, 0.5) is 5.69 Å². The highest BCUT2D eigenvalue weighted by Crippen LogP contribution is 2.44. The van der Waals surface area contributed by atoms with Crippen molar-refractivity contribution in [2.75, 3.05) is 18.2 Å². The molecule has 6 nitrogen and oxygen atoms in total. The molecule has 0 bridgehead atoms. The van der Waals surface area contributed by atoms with E-state index in [1.807, 2.05) is 26.0 Å². The quantitative estimate of drug-likeness (QED) is 0.503. The van der Waals surface area contributed by atoms with Crippen molar-refractivity contribution in [1.29, 1.82) is 0 Å². The summed E-state index contributed by atoms with van der Waals surface area (Å²) in [4.78, 5) is 39.9. The smallest absolute Gasteiger partial charge is 0.256 e. The molecule has 0 atom stereocenters. The third-order valence-corrected chi connectivity index (χ3v) is 8.32. The average Bonchev–Trinajstić information content (AvgIpc) is 3.05. The zero-order valence-electron chi connectivity index (χ0n) is 21.9. The van der Waals surface area contributed by atoms with Gasteiger partial charge in [0.1, 0.15) is 6.73 Å². The SMILES string of the molecule is CC.CC1=CC(=O)N(C2CCC(C3CCC(c4ccc(N5COCC=CC5=O)cc4)CC3)CC2)C1=O. The number of ether oxygens (including phenoxy) is 1. The molecular formula is C30H40N2O4. The Balaban J connectivity index is 0.00000148. The zero-order valence-corrected chi connectivity index (χ0v) is 21.9. The molecule has 2 aliphatic carbocycles. The topological polar surface area (TPSA) is 66.9 Å². The van der Waals surface area contributed by atoms with Gasteiger partial charge < -0.3 is 4.74 Å². The molecule has 36 heavy (non-hydrogen) atoms. The van der Waals surface area contributed by atoms with Gasteiger partial charge in [-0.05, 0) is 93.7 Å². The summed E-state index contributed by atoms with van der Waals surface area (Å²) >= 11 is 0. The molecule has 0 radical (unpaired) electrons.